The van der Waals surface area contributed by atoms with Crippen molar-refractivity contribution in [2.45, 2.75) is 26.2 Å². The molecule has 0 amide bonds. The largest absolute Gasteiger partial charge is 0.126 e. The molecule has 0 aliphatic carbocycles. The fourth-order valence-corrected chi connectivity index (χ4v) is 2.51. The maximum atomic E-state index is 6.13. The molecule has 0 saturated carbocycles. The molecule has 0 fully saturated rings. The van der Waals surface area contributed by atoms with Gasteiger partial charge in [-0.2, -0.15) is 0 Å². The third kappa shape index (κ3) is 3.36. The summed E-state index contributed by atoms with van der Waals surface area (Å²) >= 11 is 6.13. The summed E-state index contributed by atoms with van der Waals surface area (Å²) in [4.78, 5) is 0. The van der Waals surface area contributed by atoms with Gasteiger partial charge in [0.05, 0.1) is 0 Å². The molecule has 2 rings (SSSR count). The van der Waals surface area contributed by atoms with Crippen LogP contribution in [-0.4, -0.2) is 5.88 Å². The predicted molar refractivity (Wildman–Crippen MR) is 79.5 cm³/mol. The molecule has 94 valence electrons. The second-order valence-electron chi connectivity index (χ2n) is 4.96. The normalized spacial score (nSPS) is 12.4. The van der Waals surface area contributed by atoms with Gasteiger partial charge in [-0.3, -0.25) is 0 Å². The molecular weight excluding hydrogens is 240 g/mol. The van der Waals surface area contributed by atoms with E-state index in [1.807, 2.05) is 0 Å². The van der Waals surface area contributed by atoms with E-state index in [4.69, 9.17) is 11.6 Å². The second-order valence-corrected chi connectivity index (χ2v) is 5.26. The minimum Gasteiger partial charge on any atom is -0.126 e. The summed E-state index contributed by atoms with van der Waals surface area (Å²) in [5.41, 5.74) is 5.30. The van der Waals surface area contributed by atoms with Gasteiger partial charge in [0.2, 0.25) is 0 Å². The van der Waals surface area contributed by atoms with Gasteiger partial charge in [-0.15, -0.1) is 11.6 Å². The predicted octanol–water partition coefficient (Wildman–Crippen LogP) is 4.87. The minimum absolute atomic E-state index is 0.397. The quantitative estimate of drug-likeness (QED) is 0.687. The maximum absolute atomic E-state index is 6.13. The van der Waals surface area contributed by atoms with Gasteiger partial charge in [-0.05, 0) is 31.4 Å². The molecule has 0 bridgehead atoms. The summed E-state index contributed by atoms with van der Waals surface area (Å²) in [5.74, 6) is 1.06. The first kappa shape index (κ1) is 13.2. The van der Waals surface area contributed by atoms with Gasteiger partial charge in [0.25, 0.3) is 0 Å². The Morgan fingerprint density at radius 3 is 2.28 bits per heavy atom. The van der Waals surface area contributed by atoms with E-state index in [1.54, 1.807) is 0 Å². The van der Waals surface area contributed by atoms with Crippen molar-refractivity contribution in [3.05, 3.63) is 70.8 Å². The van der Waals surface area contributed by atoms with Crippen molar-refractivity contribution in [3.63, 3.8) is 0 Å². The average Bonchev–Trinajstić information content (AvgIpc) is 2.37. The number of hydrogen-bond acceptors (Lipinski definition) is 0. The summed E-state index contributed by atoms with van der Waals surface area (Å²) < 4.78 is 0. The maximum Gasteiger partial charge on any atom is 0.0295 e. The molecule has 0 aliphatic rings. The Kier molecular flexibility index (Phi) is 4.43. The Morgan fingerprint density at radius 2 is 1.67 bits per heavy atom. The van der Waals surface area contributed by atoms with E-state index in [1.165, 1.54) is 22.3 Å². The van der Waals surface area contributed by atoms with Crippen molar-refractivity contribution in [3.8, 4) is 0 Å². The average molecular weight is 259 g/mol. The third-order valence-corrected chi connectivity index (χ3v) is 3.67. The van der Waals surface area contributed by atoms with Crippen LogP contribution in [0.5, 0.6) is 0 Å². The fourth-order valence-electron chi connectivity index (χ4n) is 2.22. The van der Waals surface area contributed by atoms with E-state index in [2.05, 4.69) is 62.4 Å². The van der Waals surface area contributed by atoms with Crippen molar-refractivity contribution in [1.82, 2.24) is 0 Å². The molecule has 0 heterocycles. The molecule has 0 nitrogen and oxygen atoms in total. The molecule has 0 radical (unpaired) electrons. The monoisotopic (exact) mass is 258 g/mol. The van der Waals surface area contributed by atoms with Crippen LogP contribution < -0.4 is 0 Å². The number of alkyl halides is 1. The van der Waals surface area contributed by atoms with Gasteiger partial charge in [-0.1, -0.05) is 59.7 Å². The fraction of sp³-hybridized carbons (Fsp3) is 0.294. The van der Waals surface area contributed by atoms with Crippen molar-refractivity contribution in [2.24, 2.45) is 0 Å². The Bertz CT molecular complexity index is 499. The summed E-state index contributed by atoms with van der Waals surface area (Å²) in [6.45, 7) is 4.24. The minimum atomic E-state index is 0.397. The number of halogens is 1. The molecule has 0 aliphatic heterocycles. The summed E-state index contributed by atoms with van der Waals surface area (Å²) in [7, 11) is 0. The van der Waals surface area contributed by atoms with Crippen molar-refractivity contribution >= 4 is 11.6 Å². The summed E-state index contributed by atoms with van der Waals surface area (Å²) in [6, 6.07) is 17.4. The highest BCUT2D eigenvalue weighted by molar-refractivity contribution is 6.18. The number of benzene rings is 2. The van der Waals surface area contributed by atoms with Crippen LogP contribution in [0.2, 0.25) is 0 Å². The lowest BCUT2D eigenvalue weighted by Gasteiger charge is -2.15. The van der Waals surface area contributed by atoms with Crippen molar-refractivity contribution in [1.29, 1.82) is 0 Å². The molecule has 1 unspecified atom stereocenters. The molecule has 18 heavy (non-hydrogen) atoms. The molecule has 0 spiro atoms. The molecule has 0 saturated heterocycles. The van der Waals surface area contributed by atoms with Gasteiger partial charge in [0, 0.05) is 11.8 Å². The lowest BCUT2D eigenvalue weighted by molar-refractivity contribution is 0.765. The molecule has 2 aromatic carbocycles. The highest BCUT2D eigenvalue weighted by Gasteiger charge is 2.11. The van der Waals surface area contributed by atoms with Crippen LogP contribution in [0.1, 0.15) is 28.2 Å². The van der Waals surface area contributed by atoms with Crippen LogP contribution >= 0.6 is 11.6 Å². The molecule has 0 N–H and O–H groups in total. The van der Waals surface area contributed by atoms with Crippen LogP contribution in [0.15, 0.2) is 48.5 Å². The van der Waals surface area contributed by atoms with Gasteiger partial charge in [-0.25, -0.2) is 0 Å². The van der Waals surface area contributed by atoms with Crippen LogP contribution in [0.25, 0.3) is 0 Å². The summed E-state index contributed by atoms with van der Waals surface area (Å²) in [5, 5.41) is 0. The smallest absolute Gasteiger partial charge is 0.0295 e. The zero-order chi connectivity index (χ0) is 13.0. The Morgan fingerprint density at radius 1 is 0.944 bits per heavy atom. The SMILES string of the molecule is Cc1ccc(C(CCl)Cc2cccc(C)c2)cc1. The van der Waals surface area contributed by atoms with Gasteiger partial charge >= 0.3 is 0 Å². The number of rotatable bonds is 4. The van der Waals surface area contributed by atoms with E-state index in [-0.39, 0.29) is 0 Å². The first-order chi connectivity index (χ1) is 8.69. The Balaban J connectivity index is 2.17. The highest BCUT2D eigenvalue weighted by Crippen LogP contribution is 2.23. The third-order valence-electron chi connectivity index (χ3n) is 3.30. The number of hydrogen-bond donors (Lipinski definition) is 0. The molecule has 1 heteroatoms. The lowest BCUT2D eigenvalue weighted by Crippen LogP contribution is -2.05. The van der Waals surface area contributed by atoms with Crippen molar-refractivity contribution < 1.29 is 0 Å². The molecular formula is C17H19Cl. The standard InChI is InChI=1S/C17H19Cl/c1-13-6-8-16(9-7-13)17(12-18)11-15-5-3-4-14(2)10-15/h3-10,17H,11-12H2,1-2H3. The van der Waals surface area contributed by atoms with Gasteiger partial charge in [0.15, 0.2) is 0 Å². The molecule has 1 atom stereocenters. The first-order valence-electron chi connectivity index (χ1n) is 6.37. The van der Waals surface area contributed by atoms with Gasteiger partial charge in [0.1, 0.15) is 0 Å². The first-order valence-corrected chi connectivity index (χ1v) is 6.90. The van der Waals surface area contributed by atoms with Gasteiger partial charge < -0.3 is 0 Å². The van der Waals surface area contributed by atoms with E-state index < -0.39 is 0 Å². The van der Waals surface area contributed by atoms with E-state index in [0.717, 1.165) is 6.42 Å². The lowest BCUT2D eigenvalue weighted by atomic mass is 9.92. The van der Waals surface area contributed by atoms with Crippen LogP contribution in [-0.2, 0) is 6.42 Å². The van der Waals surface area contributed by atoms with Crippen LogP contribution in [0.3, 0.4) is 0 Å². The van der Waals surface area contributed by atoms with E-state index >= 15 is 0 Å². The second kappa shape index (κ2) is 6.06. The zero-order valence-corrected chi connectivity index (χ0v) is 11.7. The topological polar surface area (TPSA) is 0 Å². The zero-order valence-electron chi connectivity index (χ0n) is 11.0. The highest BCUT2D eigenvalue weighted by atomic mass is 35.5. The van der Waals surface area contributed by atoms with E-state index in [0.29, 0.717) is 11.8 Å². The Hall–Kier alpha value is -1.27. The van der Waals surface area contributed by atoms with E-state index in [9.17, 15) is 0 Å². The number of aryl methyl sites for hydroxylation is 2. The molecule has 2 aromatic rings. The Labute approximate surface area is 115 Å². The molecule has 0 aromatic heterocycles. The van der Waals surface area contributed by atoms with Crippen LogP contribution in [0.4, 0.5) is 0 Å². The van der Waals surface area contributed by atoms with Crippen LogP contribution in [0, 0.1) is 13.8 Å². The summed E-state index contributed by atoms with van der Waals surface area (Å²) in [6.07, 6.45) is 1.01. The van der Waals surface area contributed by atoms with Crippen molar-refractivity contribution in [2.75, 3.05) is 5.88 Å².